The molecule has 2 N–H and O–H groups in total. The third-order valence-electron chi connectivity index (χ3n) is 6.93. The number of carbonyl (C=O) groups excluding carboxylic acids is 2. The van der Waals surface area contributed by atoms with Gasteiger partial charge in [0.25, 0.3) is 5.91 Å². The largest absolute Gasteiger partial charge is 0.490 e. The Morgan fingerprint density at radius 3 is 2.45 bits per heavy atom. The van der Waals surface area contributed by atoms with Crippen LogP contribution in [0.3, 0.4) is 0 Å². The Hall–Kier alpha value is -3.38. The number of nitrogens with zero attached hydrogens (tertiary/aromatic N) is 1. The summed E-state index contributed by atoms with van der Waals surface area (Å²) in [6.45, 7) is -0.0898. The highest BCUT2D eigenvalue weighted by molar-refractivity contribution is 6.07. The van der Waals surface area contributed by atoms with E-state index in [0.29, 0.717) is 24.5 Å². The third-order valence-corrected chi connectivity index (χ3v) is 6.93. The number of carbonyl (C=O) groups is 2. The summed E-state index contributed by atoms with van der Waals surface area (Å²) in [7, 11) is 0. The molecule has 3 aromatic rings. The molecular weight excluding hydrogens is 416 g/mol. The van der Waals surface area contributed by atoms with Gasteiger partial charge in [0.05, 0.1) is 6.54 Å². The molecule has 6 nitrogen and oxygen atoms in total. The zero-order chi connectivity index (χ0) is 22.8. The van der Waals surface area contributed by atoms with Crippen molar-refractivity contribution in [3.8, 4) is 5.75 Å². The Morgan fingerprint density at radius 1 is 0.970 bits per heavy atom. The first-order valence-corrected chi connectivity index (χ1v) is 11.5. The van der Waals surface area contributed by atoms with Gasteiger partial charge in [0.2, 0.25) is 0 Å². The second-order valence-corrected chi connectivity index (χ2v) is 9.06. The molecular formula is C27H28N2O4. The lowest BCUT2D eigenvalue weighted by Gasteiger charge is -2.35. The van der Waals surface area contributed by atoms with Crippen LogP contribution in [0.25, 0.3) is 10.8 Å². The second-order valence-electron chi connectivity index (χ2n) is 9.06. The fourth-order valence-electron chi connectivity index (χ4n) is 5.12. The van der Waals surface area contributed by atoms with Crippen LogP contribution in [0.15, 0.2) is 72.8 Å². The highest BCUT2D eigenvalue weighted by atomic mass is 16.5. The zero-order valence-electron chi connectivity index (χ0n) is 18.4. The Morgan fingerprint density at radius 2 is 1.67 bits per heavy atom. The van der Waals surface area contributed by atoms with Crippen LogP contribution in [0, 0.1) is 0 Å². The van der Waals surface area contributed by atoms with Crippen LogP contribution >= 0.6 is 0 Å². The van der Waals surface area contributed by atoms with E-state index < -0.39 is 17.7 Å². The molecule has 3 aromatic carbocycles. The number of imide groups is 1. The van der Waals surface area contributed by atoms with E-state index in [1.165, 1.54) is 5.56 Å². The fourth-order valence-corrected chi connectivity index (χ4v) is 5.12. The van der Waals surface area contributed by atoms with Crippen molar-refractivity contribution >= 4 is 22.7 Å². The molecule has 0 radical (unpaired) electrons. The molecule has 1 atom stereocenters. The highest BCUT2D eigenvalue weighted by Gasteiger charge is 2.52. The quantitative estimate of drug-likeness (QED) is 0.558. The minimum Gasteiger partial charge on any atom is -0.490 e. The van der Waals surface area contributed by atoms with Crippen molar-refractivity contribution in [3.05, 3.63) is 78.4 Å². The van der Waals surface area contributed by atoms with Crippen LogP contribution in [-0.4, -0.2) is 46.7 Å². The molecule has 1 spiro atoms. The molecule has 1 aliphatic carbocycles. The number of amides is 3. The number of hydrogen-bond acceptors (Lipinski definition) is 4. The average molecular weight is 445 g/mol. The predicted molar refractivity (Wildman–Crippen MR) is 126 cm³/mol. The molecule has 1 saturated carbocycles. The van der Waals surface area contributed by atoms with Crippen LogP contribution in [0.5, 0.6) is 5.75 Å². The number of ether oxygens (including phenoxy) is 1. The number of aliphatic hydroxyl groups excluding tert-OH is 1. The minimum atomic E-state index is -0.977. The number of β-amino-alcohol motifs (C(OH)–C–C–N with tert-alkyl or cyclic N) is 1. The van der Waals surface area contributed by atoms with E-state index in [-0.39, 0.29) is 19.1 Å². The predicted octanol–water partition coefficient (Wildman–Crippen LogP) is 4.23. The van der Waals surface area contributed by atoms with Crippen LogP contribution < -0.4 is 10.1 Å². The van der Waals surface area contributed by atoms with Crippen molar-refractivity contribution in [2.45, 2.75) is 43.2 Å². The first kappa shape index (κ1) is 21.5. The maximum Gasteiger partial charge on any atom is 0.325 e. The zero-order valence-corrected chi connectivity index (χ0v) is 18.4. The number of hydrogen-bond donors (Lipinski definition) is 2. The normalized spacial score (nSPS) is 23.7. The van der Waals surface area contributed by atoms with E-state index in [2.05, 4.69) is 17.4 Å². The first-order chi connectivity index (χ1) is 16.1. The van der Waals surface area contributed by atoms with Gasteiger partial charge < -0.3 is 15.2 Å². The van der Waals surface area contributed by atoms with E-state index in [1.54, 1.807) is 0 Å². The molecule has 2 fully saturated rings. The van der Waals surface area contributed by atoms with Gasteiger partial charge in [-0.1, -0.05) is 66.7 Å². The third kappa shape index (κ3) is 4.18. The maximum absolute atomic E-state index is 13.2. The van der Waals surface area contributed by atoms with Crippen LogP contribution in [-0.2, 0) is 4.79 Å². The maximum atomic E-state index is 13.2. The molecule has 5 rings (SSSR count). The molecule has 6 heteroatoms. The van der Waals surface area contributed by atoms with Crippen LogP contribution in [0.4, 0.5) is 4.79 Å². The summed E-state index contributed by atoms with van der Waals surface area (Å²) in [6, 6.07) is 23.5. The number of nitrogens with one attached hydrogen (secondary N) is 1. The van der Waals surface area contributed by atoms with Crippen molar-refractivity contribution in [1.82, 2.24) is 10.2 Å². The minimum absolute atomic E-state index is 0.00580. The van der Waals surface area contributed by atoms with Gasteiger partial charge in [0.1, 0.15) is 24.0 Å². The van der Waals surface area contributed by atoms with Gasteiger partial charge in [-0.3, -0.25) is 9.69 Å². The van der Waals surface area contributed by atoms with Gasteiger partial charge in [0.15, 0.2) is 0 Å². The van der Waals surface area contributed by atoms with Gasteiger partial charge in [0, 0.05) is 5.39 Å². The van der Waals surface area contributed by atoms with E-state index in [1.807, 2.05) is 60.7 Å². The Kier molecular flexibility index (Phi) is 5.77. The van der Waals surface area contributed by atoms with E-state index >= 15 is 0 Å². The van der Waals surface area contributed by atoms with Gasteiger partial charge in [-0.05, 0) is 48.6 Å². The van der Waals surface area contributed by atoms with Crippen molar-refractivity contribution in [3.63, 3.8) is 0 Å². The summed E-state index contributed by atoms with van der Waals surface area (Å²) in [5.74, 6) is 0.832. The number of rotatable bonds is 6. The Labute approximate surface area is 193 Å². The van der Waals surface area contributed by atoms with Gasteiger partial charge in [-0.25, -0.2) is 4.79 Å². The van der Waals surface area contributed by atoms with Crippen molar-refractivity contribution in [2.75, 3.05) is 13.2 Å². The topological polar surface area (TPSA) is 78.9 Å². The summed E-state index contributed by atoms with van der Waals surface area (Å²) >= 11 is 0. The van der Waals surface area contributed by atoms with E-state index in [9.17, 15) is 14.7 Å². The monoisotopic (exact) mass is 444 g/mol. The summed E-state index contributed by atoms with van der Waals surface area (Å²) in [4.78, 5) is 27.0. The number of fused-ring (bicyclic) bond motifs is 1. The summed E-state index contributed by atoms with van der Waals surface area (Å²) in [5, 5.41) is 15.5. The molecule has 0 aromatic heterocycles. The molecule has 1 unspecified atom stereocenters. The van der Waals surface area contributed by atoms with Crippen molar-refractivity contribution < 1.29 is 19.4 Å². The average Bonchev–Trinajstić information content (AvgIpc) is 3.07. The van der Waals surface area contributed by atoms with E-state index in [0.717, 1.165) is 28.5 Å². The van der Waals surface area contributed by atoms with Crippen LogP contribution in [0.2, 0.25) is 0 Å². The Bertz CT molecular complexity index is 1150. The highest BCUT2D eigenvalue weighted by Crippen LogP contribution is 2.40. The standard InChI is InChI=1S/C27H28N2O4/c30-22(18-33-24-12-6-10-21-9-4-5-11-23(21)24)17-29-25(31)27(28-26(29)32)15-13-20(14-16-27)19-7-2-1-3-8-19/h1-12,20,22,30H,13-18H2,(H,28,32). The van der Waals surface area contributed by atoms with Crippen molar-refractivity contribution in [1.29, 1.82) is 0 Å². The lowest BCUT2D eigenvalue weighted by molar-refractivity contribution is -0.133. The molecule has 170 valence electrons. The second kappa shape index (κ2) is 8.87. The summed E-state index contributed by atoms with van der Waals surface area (Å²) in [6.07, 6.45) is 1.93. The van der Waals surface area contributed by atoms with Gasteiger partial charge in [-0.15, -0.1) is 0 Å². The molecule has 3 amide bonds. The molecule has 33 heavy (non-hydrogen) atoms. The number of aliphatic hydroxyl groups is 1. The molecule has 0 bridgehead atoms. The number of urea groups is 1. The fraction of sp³-hybridized carbons (Fsp3) is 0.333. The SMILES string of the molecule is O=C1NC2(CCC(c3ccccc3)CC2)C(=O)N1CC(O)COc1cccc2ccccc12. The first-order valence-electron chi connectivity index (χ1n) is 11.5. The van der Waals surface area contributed by atoms with E-state index in [4.69, 9.17) is 4.74 Å². The van der Waals surface area contributed by atoms with Crippen LogP contribution in [0.1, 0.15) is 37.2 Å². The molecule has 1 aliphatic heterocycles. The number of benzene rings is 3. The van der Waals surface area contributed by atoms with Gasteiger partial charge in [-0.2, -0.15) is 0 Å². The molecule has 1 saturated heterocycles. The lowest BCUT2D eigenvalue weighted by atomic mass is 9.74. The Balaban J connectivity index is 1.20. The lowest BCUT2D eigenvalue weighted by Crippen LogP contribution is -2.49. The van der Waals surface area contributed by atoms with Gasteiger partial charge >= 0.3 is 6.03 Å². The smallest absolute Gasteiger partial charge is 0.325 e. The summed E-state index contributed by atoms with van der Waals surface area (Å²) < 4.78 is 5.84. The molecule has 2 aliphatic rings. The molecule has 1 heterocycles. The van der Waals surface area contributed by atoms with Crippen molar-refractivity contribution in [2.24, 2.45) is 0 Å². The summed E-state index contributed by atoms with van der Waals surface area (Å²) in [5.41, 5.74) is 0.431.